The van der Waals surface area contributed by atoms with Crippen LogP contribution in [0.3, 0.4) is 0 Å². The van der Waals surface area contributed by atoms with E-state index in [0.717, 1.165) is 19.5 Å². The molecule has 0 N–H and O–H groups in total. The first-order chi connectivity index (χ1) is 8.72. The summed E-state index contributed by atoms with van der Waals surface area (Å²) in [5.41, 5.74) is 0. The monoisotopic (exact) mass is 255 g/mol. The zero-order chi connectivity index (χ0) is 13.6. The zero-order valence-electron chi connectivity index (χ0n) is 12.8. The Bertz CT molecular complexity index is 192. The SMILES string of the molecule is CCCCCCCCCCN(CCCC)C(C)=O. The summed E-state index contributed by atoms with van der Waals surface area (Å²) < 4.78 is 0. The molecule has 18 heavy (non-hydrogen) atoms. The van der Waals surface area contributed by atoms with Crippen molar-refractivity contribution >= 4 is 5.91 Å². The van der Waals surface area contributed by atoms with Crippen molar-refractivity contribution in [3.8, 4) is 0 Å². The van der Waals surface area contributed by atoms with Crippen molar-refractivity contribution in [2.45, 2.75) is 85.0 Å². The number of carbonyl (C=O) groups excluding carboxylic acids is 1. The molecule has 0 fully saturated rings. The molecule has 0 saturated carbocycles. The summed E-state index contributed by atoms with van der Waals surface area (Å²) in [5, 5.41) is 0. The Morgan fingerprint density at radius 2 is 1.17 bits per heavy atom. The molecule has 0 spiro atoms. The number of amides is 1. The van der Waals surface area contributed by atoms with Crippen molar-refractivity contribution in [3.05, 3.63) is 0 Å². The fourth-order valence-electron chi connectivity index (χ4n) is 2.21. The van der Waals surface area contributed by atoms with Gasteiger partial charge in [-0.2, -0.15) is 0 Å². The maximum atomic E-state index is 11.4. The van der Waals surface area contributed by atoms with Gasteiger partial charge >= 0.3 is 0 Å². The fourth-order valence-corrected chi connectivity index (χ4v) is 2.21. The second kappa shape index (κ2) is 12.9. The van der Waals surface area contributed by atoms with E-state index in [-0.39, 0.29) is 5.91 Å². The van der Waals surface area contributed by atoms with Crippen LogP contribution in [-0.4, -0.2) is 23.9 Å². The average molecular weight is 255 g/mol. The molecule has 0 radical (unpaired) electrons. The van der Waals surface area contributed by atoms with Gasteiger partial charge < -0.3 is 4.90 Å². The third-order valence-electron chi connectivity index (χ3n) is 3.51. The van der Waals surface area contributed by atoms with E-state index < -0.39 is 0 Å². The summed E-state index contributed by atoms with van der Waals surface area (Å²) in [5.74, 6) is 0.242. The molecule has 0 heterocycles. The van der Waals surface area contributed by atoms with Gasteiger partial charge in [0.25, 0.3) is 0 Å². The van der Waals surface area contributed by atoms with Crippen LogP contribution in [0.15, 0.2) is 0 Å². The number of unbranched alkanes of at least 4 members (excludes halogenated alkanes) is 8. The summed E-state index contributed by atoms with van der Waals surface area (Å²) in [4.78, 5) is 13.4. The Labute approximate surface area is 114 Å². The van der Waals surface area contributed by atoms with E-state index in [4.69, 9.17) is 0 Å². The van der Waals surface area contributed by atoms with Gasteiger partial charge in [-0.05, 0) is 12.8 Å². The second-order valence-corrected chi connectivity index (χ2v) is 5.33. The highest BCUT2D eigenvalue weighted by Gasteiger charge is 2.06. The van der Waals surface area contributed by atoms with E-state index in [2.05, 4.69) is 13.8 Å². The Kier molecular flexibility index (Phi) is 12.5. The molecule has 108 valence electrons. The van der Waals surface area contributed by atoms with Crippen LogP contribution >= 0.6 is 0 Å². The van der Waals surface area contributed by atoms with Crippen LogP contribution < -0.4 is 0 Å². The molecule has 0 unspecified atom stereocenters. The topological polar surface area (TPSA) is 20.3 Å². The molecular weight excluding hydrogens is 222 g/mol. The van der Waals surface area contributed by atoms with E-state index in [1.807, 2.05) is 4.90 Å². The number of rotatable bonds is 12. The number of hydrogen-bond donors (Lipinski definition) is 0. The molecule has 0 aliphatic rings. The minimum Gasteiger partial charge on any atom is -0.343 e. The van der Waals surface area contributed by atoms with Gasteiger partial charge in [-0.3, -0.25) is 4.79 Å². The van der Waals surface area contributed by atoms with E-state index in [1.54, 1.807) is 6.92 Å². The number of hydrogen-bond acceptors (Lipinski definition) is 1. The fraction of sp³-hybridized carbons (Fsp3) is 0.938. The normalized spacial score (nSPS) is 10.6. The summed E-state index contributed by atoms with van der Waals surface area (Å²) in [7, 11) is 0. The minimum atomic E-state index is 0.242. The first kappa shape index (κ1) is 17.5. The van der Waals surface area contributed by atoms with Crippen LogP contribution in [0.5, 0.6) is 0 Å². The standard InChI is InChI=1S/C16H33NO/c1-4-6-8-9-10-11-12-13-15-17(16(3)18)14-7-5-2/h4-15H2,1-3H3. The molecule has 2 heteroatoms. The van der Waals surface area contributed by atoms with Gasteiger partial charge in [-0.1, -0.05) is 65.2 Å². The van der Waals surface area contributed by atoms with Crippen LogP contribution in [0.25, 0.3) is 0 Å². The molecular formula is C16H33NO. The molecule has 0 aromatic rings. The third kappa shape index (κ3) is 10.6. The summed E-state index contributed by atoms with van der Waals surface area (Å²) in [6.07, 6.45) is 13.0. The zero-order valence-corrected chi connectivity index (χ0v) is 12.8. The van der Waals surface area contributed by atoms with Gasteiger partial charge in [0.1, 0.15) is 0 Å². The van der Waals surface area contributed by atoms with Crippen molar-refractivity contribution in [1.82, 2.24) is 4.90 Å². The van der Waals surface area contributed by atoms with Crippen molar-refractivity contribution in [2.75, 3.05) is 13.1 Å². The lowest BCUT2D eigenvalue weighted by molar-refractivity contribution is -0.129. The molecule has 0 saturated heterocycles. The lowest BCUT2D eigenvalue weighted by Gasteiger charge is -2.20. The van der Waals surface area contributed by atoms with Gasteiger partial charge in [-0.25, -0.2) is 0 Å². The van der Waals surface area contributed by atoms with Crippen LogP contribution in [0, 0.1) is 0 Å². The largest absolute Gasteiger partial charge is 0.343 e. The Morgan fingerprint density at radius 1 is 0.722 bits per heavy atom. The number of carbonyl (C=O) groups is 1. The maximum Gasteiger partial charge on any atom is 0.219 e. The van der Waals surface area contributed by atoms with Crippen molar-refractivity contribution < 1.29 is 4.79 Å². The highest BCUT2D eigenvalue weighted by molar-refractivity contribution is 5.73. The second-order valence-electron chi connectivity index (χ2n) is 5.33. The first-order valence-electron chi connectivity index (χ1n) is 7.97. The van der Waals surface area contributed by atoms with E-state index >= 15 is 0 Å². The van der Waals surface area contributed by atoms with E-state index in [1.165, 1.54) is 57.8 Å². The molecule has 2 nitrogen and oxygen atoms in total. The molecule has 0 aliphatic carbocycles. The molecule has 0 aromatic heterocycles. The Balaban J connectivity index is 3.40. The molecule has 0 atom stereocenters. The quantitative estimate of drug-likeness (QED) is 0.460. The highest BCUT2D eigenvalue weighted by Crippen LogP contribution is 2.09. The van der Waals surface area contributed by atoms with Gasteiger partial charge in [0.2, 0.25) is 5.91 Å². The van der Waals surface area contributed by atoms with Crippen molar-refractivity contribution in [3.63, 3.8) is 0 Å². The minimum absolute atomic E-state index is 0.242. The van der Waals surface area contributed by atoms with Crippen LogP contribution in [-0.2, 0) is 4.79 Å². The molecule has 1 amide bonds. The van der Waals surface area contributed by atoms with Crippen LogP contribution in [0.4, 0.5) is 0 Å². The van der Waals surface area contributed by atoms with Gasteiger partial charge in [0.05, 0.1) is 0 Å². The Hall–Kier alpha value is -0.530. The number of nitrogens with zero attached hydrogens (tertiary/aromatic N) is 1. The van der Waals surface area contributed by atoms with Gasteiger partial charge in [0, 0.05) is 20.0 Å². The van der Waals surface area contributed by atoms with Gasteiger partial charge in [-0.15, -0.1) is 0 Å². The highest BCUT2D eigenvalue weighted by atomic mass is 16.2. The smallest absolute Gasteiger partial charge is 0.219 e. The molecule has 0 rings (SSSR count). The summed E-state index contributed by atoms with van der Waals surface area (Å²) in [6.45, 7) is 8.04. The maximum absolute atomic E-state index is 11.4. The summed E-state index contributed by atoms with van der Waals surface area (Å²) >= 11 is 0. The Morgan fingerprint density at radius 3 is 1.67 bits per heavy atom. The average Bonchev–Trinajstić information content (AvgIpc) is 2.35. The predicted molar refractivity (Wildman–Crippen MR) is 79.8 cm³/mol. The molecule has 0 aromatic carbocycles. The van der Waals surface area contributed by atoms with Crippen LogP contribution in [0.1, 0.15) is 85.0 Å². The molecule has 0 bridgehead atoms. The lowest BCUT2D eigenvalue weighted by Crippen LogP contribution is -2.30. The lowest BCUT2D eigenvalue weighted by atomic mass is 10.1. The van der Waals surface area contributed by atoms with Gasteiger partial charge in [0.15, 0.2) is 0 Å². The van der Waals surface area contributed by atoms with E-state index in [0.29, 0.717) is 0 Å². The van der Waals surface area contributed by atoms with Crippen molar-refractivity contribution in [2.24, 2.45) is 0 Å². The van der Waals surface area contributed by atoms with E-state index in [9.17, 15) is 4.79 Å². The molecule has 0 aliphatic heterocycles. The summed E-state index contributed by atoms with van der Waals surface area (Å²) in [6, 6.07) is 0. The van der Waals surface area contributed by atoms with Crippen LogP contribution in [0.2, 0.25) is 0 Å². The third-order valence-corrected chi connectivity index (χ3v) is 3.51. The van der Waals surface area contributed by atoms with Crippen molar-refractivity contribution in [1.29, 1.82) is 0 Å². The predicted octanol–water partition coefficient (Wildman–Crippen LogP) is 4.78. The first-order valence-corrected chi connectivity index (χ1v) is 7.97.